The van der Waals surface area contributed by atoms with Gasteiger partial charge in [-0.25, -0.2) is 14.6 Å². The number of ether oxygens (including phenoxy) is 1. The topological polar surface area (TPSA) is 117 Å². The summed E-state index contributed by atoms with van der Waals surface area (Å²) in [6.07, 6.45) is 2.17. The Morgan fingerprint density at radius 3 is 2.58 bits per heavy atom. The molecule has 2 aromatic heterocycles. The lowest BCUT2D eigenvalue weighted by Gasteiger charge is -2.10. The number of aromatic nitrogens is 4. The van der Waals surface area contributed by atoms with Crippen molar-refractivity contribution in [3.05, 3.63) is 76.7 Å². The van der Waals surface area contributed by atoms with Crippen molar-refractivity contribution in [3.63, 3.8) is 0 Å². The molecule has 0 aliphatic heterocycles. The fourth-order valence-electron chi connectivity index (χ4n) is 3.03. The molecule has 0 aliphatic carbocycles. The maximum absolute atomic E-state index is 10.1. The van der Waals surface area contributed by atoms with Crippen LogP contribution >= 0.6 is 0 Å². The fourth-order valence-corrected chi connectivity index (χ4v) is 3.03. The number of nitrogens with zero attached hydrogens (tertiary/aromatic N) is 5. The summed E-state index contributed by atoms with van der Waals surface area (Å²) in [5, 5.41) is 17.9. The SMILES string of the molecule is Cc1nc(Nc2ccc(OCCCO[N+](=O)[O-])cc2)c2cnn(-c3ccccc3)c2n1. The van der Waals surface area contributed by atoms with Crippen LogP contribution in [-0.2, 0) is 4.84 Å². The lowest BCUT2D eigenvalue weighted by molar-refractivity contribution is -0.757. The van der Waals surface area contributed by atoms with E-state index in [2.05, 4.69) is 25.2 Å². The van der Waals surface area contributed by atoms with E-state index in [1.165, 1.54) is 0 Å². The minimum atomic E-state index is -0.810. The van der Waals surface area contributed by atoms with Gasteiger partial charge in [0.05, 0.1) is 30.5 Å². The fraction of sp³-hybridized carbons (Fsp3) is 0.190. The first-order chi connectivity index (χ1) is 15.1. The van der Waals surface area contributed by atoms with E-state index in [1.54, 1.807) is 10.9 Å². The molecule has 0 atom stereocenters. The Morgan fingerprint density at radius 2 is 1.84 bits per heavy atom. The quantitative estimate of drug-likeness (QED) is 0.246. The number of anilines is 2. The van der Waals surface area contributed by atoms with E-state index in [1.807, 2.05) is 61.5 Å². The van der Waals surface area contributed by atoms with Crippen molar-refractivity contribution in [2.24, 2.45) is 0 Å². The molecule has 0 amide bonds. The summed E-state index contributed by atoms with van der Waals surface area (Å²) >= 11 is 0. The molecular formula is C21H20N6O4. The number of aryl methyl sites for hydroxylation is 1. The highest BCUT2D eigenvalue weighted by Crippen LogP contribution is 2.26. The first kappa shape index (κ1) is 20.1. The van der Waals surface area contributed by atoms with E-state index in [0.717, 1.165) is 22.4 Å². The highest BCUT2D eigenvalue weighted by molar-refractivity contribution is 5.89. The molecule has 158 valence electrons. The van der Waals surface area contributed by atoms with Gasteiger partial charge in [-0.2, -0.15) is 5.10 Å². The van der Waals surface area contributed by atoms with Crippen LogP contribution in [0.4, 0.5) is 11.5 Å². The third-order valence-electron chi connectivity index (χ3n) is 4.41. The predicted molar refractivity (Wildman–Crippen MR) is 114 cm³/mol. The molecule has 31 heavy (non-hydrogen) atoms. The van der Waals surface area contributed by atoms with E-state index in [-0.39, 0.29) is 6.61 Å². The molecule has 0 fully saturated rings. The summed E-state index contributed by atoms with van der Waals surface area (Å²) in [5.41, 5.74) is 2.47. The smallest absolute Gasteiger partial charge is 0.294 e. The number of fused-ring (bicyclic) bond motifs is 1. The van der Waals surface area contributed by atoms with Crippen LogP contribution < -0.4 is 10.1 Å². The molecule has 10 heteroatoms. The molecule has 0 aliphatic rings. The Morgan fingerprint density at radius 1 is 1.06 bits per heavy atom. The molecule has 0 radical (unpaired) electrons. The van der Waals surface area contributed by atoms with Crippen molar-refractivity contribution >= 4 is 22.5 Å². The maximum Gasteiger partial charge on any atom is 0.294 e. The Kier molecular flexibility index (Phi) is 5.88. The van der Waals surface area contributed by atoms with Crippen LogP contribution in [0.25, 0.3) is 16.7 Å². The van der Waals surface area contributed by atoms with Crippen molar-refractivity contribution in [2.75, 3.05) is 18.5 Å². The normalized spacial score (nSPS) is 10.7. The van der Waals surface area contributed by atoms with Crippen molar-refractivity contribution < 1.29 is 14.7 Å². The summed E-state index contributed by atoms with van der Waals surface area (Å²) in [6, 6.07) is 17.2. The largest absolute Gasteiger partial charge is 0.494 e. The first-order valence-electron chi connectivity index (χ1n) is 9.65. The second kappa shape index (κ2) is 9.08. The van der Waals surface area contributed by atoms with Gasteiger partial charge in [0.25, 0.3) is 5.09 Å². The van der Waals surface area contributed by atoms with Gasteiger partial charge >= 0.3 is 0 Å². The summed E-state index contributed by atoms with van der Waals surface area (Å²) in [4.78, 5) is 23.5. The molecule has 10 nitrogen and oxygen atoms in total. The average Bonchev–Trinajstić information content (AvgIpc) is 3.19. The van der Waals surface area contributed by atoms with Gasteiger partial charge in [-0.3, -0.25) is 0 Å². The monoisotopic (exact) mass is 420 g/mol. The van der Waals surface area contributed by atoms with Crippen LogP contribution in [0.2, 0.25) is 0 Å². The van der Waals surface area contributed by atoms with Crippen LogP contribution in [-0.4, -0.2) is 38.0 Å². The number of nitrogens with one attached hydrogen (secondary N) is 1. The highest BCUT2D eigenvalue weighted by atomic mass is 16.9. The molecule has 0 bridgehead atoms. The van der Waals surface area contributed by atoms with Gasteiger partial charge in [-0.1, -0.05) is 18.2 Å². The van der Waals surface area contributed by atoms with E-state index < -0.39 is 5.09 Å². The van der Waals surface area contributed by atoms with Crippen molar-refractivity contribution in [1.82, 2.24) is 19.7 Å². The minimum absolute atomic E-state index is 0.00631. The van der Waals surface area contributed by atoms with Crippen LogP contribution in [0.3, 0.4) is 0 Å². The van der Waals surface area contributed by atoms with Gasteiger partial charge < -0.3 is 14.9 Å². The Bertz CT molecular complexity index is 1180. The lowest BCUT2D eigenvalue weighted by atomic mass is 10.3. The Balaban J connectivity index is 1.47. The van der Waals surface area contributed by atoms with Crippen LogP contribution in [0.15, 0.2) is 60.8 Å². The third kappa shape index (κ3) is 4.86. The summed E-state index contributed by atoms with van der Waals surface area (Å²) < 4.78 is 7.35. The minimum Gasteiger partial charge on any atom is -0.494 e. The molecule has 4 rings (SSSR count). The first-order valence-corrected chi connectivity index (χ1v) is 9.65. The molecule has 0 unspecified atom stereocenters. The second-order valence-electron chi connectivity index (χ2n) is 6.66. The van der Waals surface area contributed by atoms with Crippen LogP contribution in [0.1, 0.15) is 12.2 Å². The summed E-state index contributed by atoms with van der Waals surface area (Å²) in [6.45, 7) is 2.17. The van der Waals surface area contributed by atoms with Gasteiger partial charge in [0.15, 0.2) is 5.65 Å². The number of hydrogen-bond acceptors (Lipinski definition) is 8. The highest BCUT2D eigenvalue weighted by Gasteiger charge is 2.13. The van der Waals surface area contributed by atoms with Crippen molar-refractivity contribution in [3.8, 4) is 11.4 Å². The number of benzene rings is 2. The van der Waals surface area contributed by atoms with Gasteiger partial charge in [-0.15, -0.1) is 10.1 Å². The molecular weight excluding hydrogens is 400 g/mol. The van der Waals surface area contributed by atoms with E-state index >= 15 is 0 Å². The van der Waals surface area contributed by atoms with Crippen molar-refractivity contribution in [1.29, 1.82) is 0 Å². The third-order valence-corrected chi connectivity index (χ3v) is 4.41. The summed E-state index contributed by atoms with van der Waals surface area (Å²) in [7, 11) is 0. The number of para-hydroxylation sites is 1. The van der Waals surface area contributed by atoms with E-state index in [9.17, 15) is 10.1 Å². The van der Waals surface area contributed by atoms with Crippen LogP contribution in [0.5, 0.6) is 5.75 Å². The van der Waals surface area contributed by atoms with Gasteiger partial charge in [0, 0.05) is 12.1 Å². The Hall–Kier alpha value is -4.21. The standard InChI is InChI=1S/C21H20N6O4/c1-15-23-20(19-14-22-26(21(19)24-15)17-6-3-2-4-7-17)25-16-8-10-18(11-9-16)30-12-5-13-31-27(28)29/h2-4,6-11,14H,5,12-13H2,1H3,(H,23,24,25). The van der Waals surface area contributed by atoms with Gasteiger partial charge in [-0.05, 0) is 43.3 Å². The number of hydrogen-bond donors (Lipinski definition) is 1. The van der Waals surface area contributed by atoms with Crippen molar-refractivity contribution in [2.45, 2.75) is 13.3 Å². The molecule has 0 spiro atoms. The molecule has 0 saturated heterocycles. The zero-order chi connectivity index (χ0) is 21.6. The predicted octanol–water partition coefficient (Wildman–Crippen LogP) is 3.84. The summed E-state index contributed by atoms with van der Waals surface area (Å²) in [5.74, 6) is 1.95. The zero-order valence-electron chi connectivity index (χ0n) is 16.8. The second-order valence-corrected chi connectivity index (χ2v) is 6.66. The molecule has 2 heterocycles. The van der Waals surface area contributed by atoms with Gasteiger partial charge in [0.2, 0.25) is 0 Å². The lowest BCUT2D eigenvalue weighted by Crippen LogP contribution is -2.06. The van der Waals surface area contributed by atoms with Crippen LogP contribution in [0, 0.1) is 17.0 Å². The van der Waals surface area contributed by atoms with E-state index in [0.29, 0.717) is 30.4 Å². The zero-order valence-corrected chi connectivity index (χ0v) is 16.8. The molecule has 4 aromatic rings. The molecule has 0 saturated carbocycles. The average molecular weight is 420 g/mol. The Labute approximate surface area is 177 Å². The van der Waals surface area contributed by atoms with Gasteiger partial charge in [0.1, 0.15) is 17.4 Å². The number of rotatable bonds is 9. The molecule has 1 N–H and O–H groups in total. The van der Waals surface area contributed by atoms with E-state index in [4.69, 9.17) is 4.74 Å². The maximum atomic E-state index is 10.1. The molecule has 2 aromatic carbocycles.